The van der Waals surface area contributed by atoms with Crippen LogP contribution < -0.4 is 10.1 Å². The SMILES string of the molecule is C.CCOc1cccc(CN2[C@@H](CC=O)[C@@H]([N+](=O)[O-])[C@H](c3cccc(Cl)c3F)[C@]23C(=O)Nc2cc(Cl)ccc23)c1. The molecule has 0 radical (unpaired) electrons. The number of nitrogens with zero attached hydrogens (tertiary/aromatic N) is 2. The molecule has 0 saturated carbocycles. The number of likely N-dealkylation sites (tertiary alicyclic amines) is 1. The van der Waals surface area contributed by atoms with Gasteiger partial charge in [0.15, 0.2) is 0 Å². The summed E-state index contributed by atoms with van der Waals surface area (Å²) in [6.07, 6.45) is 0.332. The second-order valence-electron chi connectivity index (χ2n) is 9.49. The summed E-state index contributed by atoms with van der Waals surface area (Å²) in [5.41, 5.74) is -0.368. The Kier molecular flexibility index (Phi) is 8.49. The van der Waals surface area contributed by atoms with Gasteiger partial charge in [0, 0.05) is 39.7 Å². The van der Waals surface area contributed by atoms with Crippen molar-refractivity contribution in [1.29, 1.82) is 0 Å². The van der Waals surface area contributed by atoms with E-state index in [4.69, 9.17) is 27.9 Å². The molecule has 8 nitrogen and oxygen atoms in total. The van der Waals surface area contributed by atoms with Crippen LogP contribution in [-0.2, 0) is 21.7 Å². The molecule has 5 rings (SSSR count). The summed E-state index contributed by atoms with van der Waals surface area (Å²) in [6.45, 7) is 2.32. The van der Waals surface area contributed by atoms with Crippen molar-refractivity contribution in [2.45, 2.75) is 50.9 Å². The van der Waals surface area contributed by atoms with E-state index >= 15 is 4.39 Å². The lowest BCUT2D eigenvalue weighted by molar-refractivity contribution is -0.528. The minimum atomic E-state index is -1.75. The molecule has 1 saturated heterocycles. The van der Waals surface area contributed by atoms with Crippen LogP contribution in [0.5, 0.6) is 5.75 Å². The maximum Gasteiger partial charge on any atom is 0.250 e. The van der Waals surface area contributed by atoms with E-state index in [2.05, 4.69) is 5.32 Å². The van der Waals surface area contributed by atoms with Crippen molar-refractivity contribution in [2.24, 2.45) is 0 Å². The molecule has 4 atom stereocenters. The molecule has 0 aromatic heterocycles. The Hall–Kier alpha value is -3.53. The number of hydrogen-bond donors (Lipinski definition) is 1. The first kappa shape index (κ1) is 29.5. The fourth-order valence-corrected chi connectivity index (χ4v) is 6.47. The van der Waals surface area contributed by atoms with Gasteiger partial charge in [0.05, 0.1) is 23.6 Å². The molecule has 3 aromatic carbocycles. The highest BCUT2D eigenvalue weighted by atomic mass is 35.5. The van der Waals surface area contributed by atoms with E-state index in [9.17, 15) is 19.7 Å². The van der Waals surface area contributed by atoms with Crippen molar-refractivity contribution < 1.29 is 23.6 Å². The van der Waals surface area contributed by atoms with Crippen LogP contribution in [0.2, 0.25) is 10.0 Å². The van der Waals surface area contributed by atoms with Gasteiger partial charge in [-0.25, -0.2) is 4.39 Å². The van der Waals surface area contributed by atoms with Crippen LogP contribution in [0.1, 0.15) is 43.4 Å². The Morgan fingerprint density at radius 2 is 1.93 bits per heavy atom. The van der Waals surface area contributed by atoms with Crippen molar-refractivity contribution in [3.05, 3.63) is 103 Å². The number of anilines is 1. The third-order valence-corrected chi connectivity index (χ3v) is 8.01. The van der Waals surface area contributed by atoms with Gasteiger partial charge in [-0.05, 0) is 42.8 Å². The number of carbonyl (C=O) groups excluding carboxylic acids is 2. The summed E-state index contributed by atoms with van der Waals surface area (Å²) in [7, 11) is 0. The number of nitro groups is 1. The maximum atomic E-state index is 15.7. The van der Waals surface area contributed by atoms with Crippen molar-refractivity contribution >= 4 is 41.1 Å². The minimum absolute atomic E-state index is 0. The number of nitrogens with one attached hydrogen (secondary N) is 1. The van der Waals surface area contributed by atoms with Crippen molar-refractivity contribution in [1.82, 2.24) is 4.90 Å². The molecule has 40 heavy (non-hydrogen) atoms. The highest BCUT2D eigenvalue weighted by molar-refractivity contribution is 6.31. The van der Waals surface area contributed by atoms with E-state index in [1.54, 1.807) is 47.4 Å². The molecular weight excluding hydrogens is 560 g/mol. The molecule has 2 aliphatic rings. The van der Waals surface area contributed by atoms with Gasteiger partial charge in [0.25, 0.3) is 5.91 Å². The molecule has 0 unspecified atom stereocenters. The molecule has 2 heterocycles. The van der Waals surface area contributed by atoms with Crippen LogP contribution in [-0.4, -0.2) is 40.7 Å². The Labute approximate surface area is 241 Å². The highest BCUT2D eigenvalue weighted by Crippen LogP contribution is 2.59. The van der Waals surface area contributed by atoms with Crippen LogP contribution in [0.4, 0.5) is 10.1 Å². The molecule has 1 spiro atoms. The van der Waals surface area contributed by atoms with E-state index in [1.807, 2.05) is 6.92 Å². The van der Waals surface area contributed by atoms with Crippen LogP contribution in [0.15, 0.2) is 60.7 Å². The monoisotopic (exact) mass is 587 g/mol. The first-order valence-corrected chi connectivity index (χ1v) is 13.1. The Bertz CT molecular complexity index is 1470. The fraction of sp³-hybridized carbons (Fsp3) is 0.310. The summed E-state index contributed by atoms with van der Waals surface area (Å²) in [6, 6.07) is 13.5. The summed E-state index contributed by atoms with van der Waals surface area (Å²) in [4.78, 5) is 39.9. The number of amides is 1. The first-order chi connectivity index (χ1) is 18.7. The Morgan fingerprint density at radius 1 is 1.18 bits per heavy atom. The number of benzene rings is 3. The number of aldehydes is 1. The lowest BCUT2D eigenvalue weighted by atomic mass is 9.73. The summed E-state index contributed by atoms with van der Waals surface area (Å²) < 4.78 is 21.3. The molecule has 1 amide bonds. The van der Waals surface area contributed by atoms with Gasteiger partial charge < -0.3 is 14.8 Å². The van der Waals surface area contributed by atoms with E-state index in [1.165, 1.54) is 18.2 Å². The molecule has 0 bridgehead atoms. The topological polar surface area (TPSA) is 102 Å². The predicted octanol–water partition coefficient (Wildman–Crippen LogP) is 6.22. The van der Waals surface area contributed by atoms with Crippen molar-refractivity contribution in [3.8, 4) is 5.75 Å². The van der Waals surface area contributed by atoms with Crippen molar-refractivity contribution in [3.63, 3.8) is 0 Å². The number of fused-ring (bicyclic) bond motifs is 2. The molecule has 1 N–H and O–H groups in total. The molecule has 1 fully saturated rings. The standard InChI is InChI=1S/C28H24Cl2FN3O5.CH4/c1-2-39-18-6-3-5-16(13-18)15-33-23(11-12-35)26(34(37)38)24(19-7-4-8-21(30)25(19)31)28(33)20-10-9-17(29)14-22(20)32-27(28)36;/h3-10,12-14,23-24,26H,2,11,15H2,1H3,(H,32,36);1H4/t23-,24-,26+,28+;/m0./s1. The lowest BCUT2D eigenvalue weighted by Gasteiger charge is -2.38. The lowest BCUT2D eigenvalue weighted by Crippen LogP contribution is -2.51. The quantitative estimate of drug-likeness (QED) is 0.191. The average molecular weight is 588 g/mol. The first-order valence-electron chi connectivity index (χ1n) is 12.3. The molecule has 0 aliphatic carbocycles. The smallest absolute Gasteiger partial charge is 0.250 e. The van der Waals surface area contributed by atoms with E-state index < -0.39 is 40.2 Å². The van der Waals surface area contributed by atoms with E-state index in [-0.39, 0.29) is 31.0 Å². The van der Waals surface area contributed by atoms with Gasteiger partial charge in [-0.1, -0.05) is 61.0 Å². The van der Waals surface area contributed by atoms with Crippen LogP contribution in [0.25, 0.3) is 0 Å². The van der Waals surface area contributed by atoms with E-state index in [0.717, 1.165) is 0 Å². The van der Waals surface area contributed by atoms with Crippen molar-refractivity contribution in [2.75, 3.05) is 11.9 Å². The van der Waals surface area contributed by atoms with Crippen LogP contribution in [0, 0.1) is 15.9 Å². The van der Waals surface area contributed by atoms with Gasteiger partial charge in [-0.15, -0.1) is 0 Å². The molecular formula is C29H28Cl2FN3O5. The molecule has 2 aliphatic heterocycles. The number of hydrogen-bond acceptors (Lipinski definition) is 6. The maximum absolute atomic E-state index is 15.7. The largest absolute Gasteiger partial charge is 0.494 e. The summed E-state index contributed by atoms with van der Waals surface area (Å²) in [5, 5.41) is 15.7. The number of ether oxygens (including phenoxy) is 1. The van der Waals surface area contributed by atoms with Gasteiger partial charge in [0.1, 0.15) is 23.4 Å². The zero-order valence-electron chi connectivity index (χ0n) is 20.8. The Balaban J connectivity index is 0.00000370. The van der Waals surface area contributed by atoms with Gasteiger partial charge in [-0.2, -0.15) is 0 Å². The third-order valence-electron chi connectivity index (χ3n) is 7.49. The molecule has 11 heteroatoms. The second-order valence-corrected chi connectivity index (χ2v) is 10.3. The molecule has 3 aromatic rings. The second kappa shape index (κ2) is 11.5. The van der Waals surface area contributed by atoms with Gasteiger partial charge >= 0.3 is 0 Å². The predicted molar refractivity (Wildman–Crippen MR) is 151 cm³/mol. The highest BCUT2D eigenvalue weighted by Gasteiger charge is 2.71. The Morgan fingerprint density at radius 3 is 2.62 bits per heavy atom. The number of carbonyl (C=O) groups is 2. The van der Waals surface area contributed by atoms with Gasteiger partial charge in [0.2, 0.25) is 6.04 Å². The zero-order chi connectivity index (χ0) is 27.9. The van der Waals surface area contributed by atoms with Gasteiger partial charge in [-0.3, -0.25) is 19.8 Å². The summed E-state index contributed by atoms with van der Waals surface area (Å²) >= 11 is 12.4. The average Bonchev–Trinajstić information content (AvgIpc) is 3.33. The van der Waals surface area contributed by atoms with Crippen LogP contribution >= 0.6 is 23.2 Å². The zero-order valence-corrected chi connectivity index (χ0v) is 22.3. The van der Waals surface area contributed by atoms with E-state index in [0.29, 0.717) is 40.5 Å². The van der Waals surface area contributed by atoms with Crippen LogP contribution in [0.3, 0.4) is 0 Å². The normalized spacial score (nSPS) is 23.4. The number of rotatable bonds is 8. The third kappa shape index (κ3) is 4.62. The fourth-order valence-electron chi connectivity index (χ4n) is 6.12. The minimum Gasteiger partial charge on any atom is -0.494 e. The summed E-state index contributed by atoms with van der Waals surface area (Å²) in [5.74, 6) is -2.17. The molecule has 210 valence electrons. The number of halogens is 3.